The van der Waals surface area contributed by atoms with Crippen molar-refractivity contribution in [3.05, 3.63) is 42.2 Å². The highest BCUT2D eigenvalue weighted by Gasteiger charge is 2.57. The van der Waals surface area contributed by atoms with Gasteiger partial charge < -0.3 is 4.90 Å². The Labute approximate surface area is 147 Å². The summed E-state index contributed by atoms with van der Waals surface area (Å²) < 4.78 is 14.3. The molecule has 25 heavy (non-hydrogen) atoms. The molecule has 1 aromatic carbocycles. The monoisotopic (exact) mass is 338 g/mol. The highest BCUT2D eigenvalue weighted by Crippen LogP contribution is 2.47. The van der Waals surface area contributed by atoms with E-state index in [2.05, 4.69) is 29.2 Å². The van der Waals surface area contributed by atoms with E-state index in [1.54, 1.807) is 0 Å². The molecule has 1 amide bonds. The fourth-order valence-corrected chi connectivity index (χ4v) is 5.01. The molecule has 0 N–H and O–H groups in total. The maximum atomic E-state index is 14.3. The van der Waals surface area contributed by atoms with E-state index in [0.29, 0.717) is 18.8 Å². The number of carbonyl (C=O) groups is 1. The van der Waals surface area contributed by atoms with Crippen molar-refractivity contribution in [1.82, 2.24) is 9.88 Å². The van der Waals surface area contributed by atoms with Crippen LogP contribution in [-0.4, -0.2) is 33.5 Å². The van der Waals surface area contributed by atoms with Crippen molar-refractivity contribution >= 4 is 16.7 Å². The molecule has 1 saturated carbocycles. The average Bonchev–Trinajstić information content (AvgIpc) is 3.32. The number of aromatic nitrogens is 1. The lowest BCUT2D eigenvalue weighted by molar-refractivity contribution is -0.143. The summed E-state index contributed by atoms with van der Waals surface area (Å²) in [5.41, 5.74) is -0.173. The fraction of sp³-hybridized carbons (Fsp3) is 0.524. The fourth-order valence-electron chi connectivity index (χ4n) is 5.01. The highest BCUT2D eigenvalue weighted by atomic mass is 19.1. The molecule has 2 saturated heterocycles. The smallest absolute Gasteiger partial charge is 0.260 e. The summed E-state index contributed by atoms with van der Waals surface area (Å²) in [7, 11) is 0. The number of fused-ring (bicyclic) bond motifs is 3. The zero-order valence-electron chi connectivity index (χ0n) is 14.3. The largest absolute Gasteiger partial charge is 0.334 e. The van der Waals surface area contributed by atoms with Crippen LogP contribution in [0.1, 0.15) is 44.1 Å². The van der Waals surface area contributed by atoms with Crippen LogP contribution in [-0.2, 0) is 11.2 Å². The molecule has 2 bridgehead atoms. The normalized spacial score (nSPS) is 29.8. The standard InChI is InChI=1S/C21H23FN2O/c22-21(7-8-21)20(25)24-17-4-5-18(24)12-14(11-17)10-16-3-1-2-15-6-9-23-13-19(15)16/h1-3,6,9,13-14,17-18H,4-5,7-8,10-12H2. The third-order valence-corrected chi connectivity index (χ3v) is 6.42. The van der Waals surface area contributed by atoms with E-state index >= 15 is 0 Å². The van der Waals surface area contributed by atoms with E-state index < -0.39 is 5.67 Å². The summed E-state index contributed by atoms with van der Waals surface area (Å²) in [6.45, 7) is 0. The molecule has 3 aliphatic rings. The summed E-state index contributed by atoms with van der Waals surface area (Å²) in [6, 6.07) is 8.99. The first-order valence-electron chi connectivity index (χ1n) is 9.47. The van der Waals surface area contributed by atoms with Gasteiger partial charge >= 0.3 is 0 Å². The molecule has 3 heterocycles. The quantitative estimate of drug-likeness (QED) is 0.846. The van der Waals surface area contributed by atoms with E-state index in [4.69, 9.17) is 0 Å². The lowest BCUT2D eigenvalue weighted by Crippen LogP contribution is -2.50. The number of rotatable bonds is 3. The lowest BCUT2D eigenvalue weighted by Gasteiger charge is -2.40. The van der Waals surface area contributed by atoms with Crippen molar-refractivity contribution in [1.29, 1.82) is 0 Å². The van der Waals surface area contributed by atoms with Gasteiger partial charge in [0.25, 0.3) is 5.91 Å². The molecule has 2 atom stereocenters. The van der Waals surface area contributed by atoms with E-state index in [-0.39, 0.29) is 18.0 Å². The number of piperidine rings is 1. The van der Waals surface area contributed by atoms with E-state index in [9.17, 15) is 9.18 Å². The number of benzene rings is 1. The number of carbonyl (C=O) groups excluding carboxylic acids is 1. The Kier molecular flexibility index (Phi) is 3.37. The first-order chi connectivity index (χ1) is 12.1. The second-order valence-electron chi connectivity index (χ2n) is 8.12. The van der Waals surface area contributed by atoms with Gasteiger partial charge in [-0.15, -0.1) is 0 Å². The van der Waals surface area contributed by atoms with Crippen LogP contribution in [0.4, 0.5) is 4.39 Å². The van der Waals surface area contributed by atoms with Gasteiger partial charge in [0, 0.05) is 29.9 Å². The summed E-state index contributed by atoms with van der Waals surface area (Å²) >= 11 is 0. The molecular formula is C21H23FN2O. The minimum absolute atomic E-state index is 0.215. The van der Waals surface area contributed by atoms with Gasteiger partial charge in [-0.1, -0.05) is 18.2 Å². The molecule has 0 radical (unpaired) electrons. The predicted molar refractivity (Wildman–Crippen MR) is 94.9 cm³/mol. The topological polar surface area (TPSA) is 33.2 Å². The SMILES string of the molecule is O=C(N1C2CCC1CC(Cc1cccc3ccncc13)C2)C1(F)CC1. The second kappa shape index (κ2) is 5.52. The van der Waals surface area contributed by atoms with Gasteiger partial charge in [0.05, 0.1) is 0 Å². The third kappa shape index (κ3) is 2.54. The summed E-state index contributed by atoms with van der Waals surface area (Å²) in [4.78, 5) is 18.7. The van der Waals surface area contributed by atoms with Gasteiger partial charge in [-0.3, -0.25) is 9.78 Å². The first-order valence-corrected chi connectivity index (χ1v) is 9.47. The van der Waals surface area contributed by atoms with Gasteiger partial charge in [0.15, 0.2) is 5.67 Å². The third-order valence-electron chi connectivity index (χ3n) is 6.42. The molecular weight excluding hydrogens is 315 g/mol. The Balaban J connectivity index is 1.35. The molecule has 2 aromatic rings. The molecule has 2 unspecified atom stereocenters. The molecule has 130 valence electrons. The number of halogens is 1. The minimum atomic E-state index is -1.52. The van der Waals surface area contributed by atoms with Crippen molar-refractivity contribution < 1.29 is 9.18 Å². The minimum Gasteiger partial charge on any atom is -0.334 e. The Bertz CT molecular complexity index is 812. The van der Waals surface area contributed by atoms with Crippen LogP contribution in [0.15, 0.2) is 36.7 Å². The van der Waals surface area contributed by atoms with Gasteiger partial charge in [0.1, 0.15) is 0 Å². The molecule has 5 rings (SSSR count). The van der Waals surface area contributed by atoms with Gasteiger partial charge in [-0.2, -0.15) is 0 Å². The number of alkyl halides is 1. The maximum Gasteiger partial charge on any atom is 0.260 e. The van der Waals surface area contributed by atoms with Crippen molar-refractivity contribution in [2.45, 2.75) is 62.7 Å². The van der Waals surface area contributed by atoms with E-state index in [0.717, 1.165) is 32.1 Å². The summed E-state index contributed by atoms with van der Waals surface area (Å²) in [5.74, 6) is 0.356. The van der Waals surface area contributed by atoms with E-state index in [1.165, 1.54) is 16.3 Å². The van der Waals surface area contributed by atoms with Gasteiger partial charge in [-0.05, 0) is 67.9 Å². The van der Waals surface area contributed by atoms with Crippen LogP contribution in [0.2, 0.25) is 0 Å². The Morgan fingerprint density at radius 1 is 1.20 bits per heavy atom. The van der Waals surface area contributed by atoms with Gasteiger partial charge in [0.2, 0.25) is 0 Å². The summed E-state index contributed by atoms with van der Waals surface area (Å²) in [5, 5.41) is 2.47. The molecule has 1 aromatic heterocycles. The zero-order valence-corrected chi connectivity index (χ0v) is 14.3. The van der Waals surface area contributed by atoms with Crippen molar-refractivity contribution in [2.24, 2.45) is 5.92 Å². The van der Waals surface area contributed by atoms with Gasteiger partial charge in [-0.25, -0.2) is 4.39 Å². The van der Waals surface area contributed by atoms with Crippen LogP contribution >= 0.6 is 0 Å². The highest BCUT2D eigenvalue weighted by molar-refractivity contribution is 5.89. The molecule has 3 fully saturated rings. The number of pyridine rings is 1. The van der Waals surface area contributed by atoms with Crippen LogP contribution in [0.3, 0.4) is 0 Å². The number of hydrogen-bond donors (Lipinski definition) is 0. The Hall–Kier alpha value is -1.97. The number of hydrogen-bond acceptors (Lipinski definition) is 2. The van der Waals surface area contributed by atoms with Crippen LogP contribution < -0.4 is 0 Å². The maximum absolute atomic E-state index is 14.3. The first kappa shape index (κ1) is 15.3. The average molecular weight is 338 g/mol. The van der Waals surface area contributed by atoms with Crippen molar-refractivity contribution in [2.75, 3.05) is 0 Å². The second-order valence-corrected chi connectivity index (χ2v) is 8.12. The number of amides is 1. The van der Waals surface area contributed by atoms with Crippen LogP contribution in [0.5, 0.6) is 0 Å². The Morgan fingerprint density at radius 2 is 1.96 bits per heavy atom. The Morgan fingerprint density at radius 3 is 2.68 bits per heavy atom. The molecule has 3 nitrogen and oxygen atoms in total. The van der Waals surface area contributed by atoms with E-state index in [1.807, 2.05) is 17.3 Å². The van der Waals surface area contributed by atoms with Crippen LogP contribution in [0, 0.1) is 5.92 Å². The lowest BCUT2D eigenvalue weighted by atomic mass is 9.84. The van der Waals surface area contributed by atoms with Crippen LogP contribution in [0.25, 0.3) is 10.8 Å². The molecule has 2 aliphatic heterocycles. The number of nitrogens with zero attached hydrogens (tertiary/aromatic N) is 2. The predicted octanol–water partition coefficient (Wildman–Crippen LogP) is 4.05. The molecule has 1 aliphatic carbocycles. The zero-order chi connectivity index (χ0) is 17.0. The molecule has 0 spiro atoms. The van der Waals surface area contributed by atoms with Crippen molar-refractivity contribution in [3.63, 3.8) is 0 Å². The summed E-state index contributed by atoms with van der Waals surface area (Å²) in [6.07, 6.45) is 9.77. The van der Waals surface area contributed by atoms with Crippen molar-refractivity contribution in [3.8, 4) is 0 Å². The molecule has 4 heteroatoms.